The summed E-state index contributed by atoms with van der Waals surface area (Å²) < 4.78 is 5.27. The average Bonchev–Trinajstić information content (AvgIpc) is 2.44. The number of nitrogens with zero attached hydrogens (tertiary/aromatic N) is 2. The summed E-state index contributed by atoms with van der Waals surface area (Å²) in [5.74, 6) is 0.142. The molecule has 2 aliphatic heterocycles. The van der Waals surface area contributed by atoms with Gasteiger partial charge >= 0.3 is 6.09 Å². The molecule has 0 aliphatic carbocycles. The molecule has 6 heteroatoms. The zero-order valence-corrected chi connectivity index (χ0v) is 12.6. The molecule has 0 spiro atoms. The van der Waals surface area contributed by atoms with Crippen LogP contribution in [0.2, 0.25) is 0 Å². The van der Waals surface area contributed by atoms with E-state index in [0.29, 0.717) is 13.1 Å². The number of ether oxygens (including phenoxy) is 1. The lowest BCUT2D eigenvalue weighted by Gasteiger charge is -2.43. The molecule has 2 heterocycles. The summed E-state index contributed by atoms with van der Waals surface area (Å²) in [6.45, 7) is 7.49. The van der Waals surface area contributed by atoms with Gasteiger partial charge in [0.25, 0.3) is 0 Å². The molecule has 1 unspecified atom stereocenters. The van der Waals surface area contributed by atoms with Gasteiger partial charge in [-0.05, 0) is 27.2 Å². The quantitative estimate of drug-likeness (QED) is 0.690. The Morgan fingerprint density at radius 3 is 2.44 bits per heavy atom. The third kappa shape index (κ3) is 2.79. The molecular weight excluding hydrogens is 300 g/mol. The Hall–Kier alpha value is -0.780. The highest BCUT2D eigenvalue weighted by Gasteiger charge is 2.42. The summed E-state index contributed by atoms with van der Waals surface area (Å²) in [7, 11) is 0. The SMILES string of the molecule is CC(C)(C)OC(=O)N1CC(N2CCC(Br)C2=O)C1. The number of carbonyl (C=O) groups is 2. The van der Waals surface area contributed by atoms with Crippen molar-refractivity contribution in [2.45, 2.75) is 43.7 Å². The lowest BCUT2D eigenvalue weighted by atomic mass is 10.1. The van der Waals surface area contributed by atoms with Crippen LogP contribution in [0.25, 0.3) is 0 Å². The zero-order chi connectivity index (χ0) is 13.5. The molecule has 2 rings (SSSR count). The summed E-state index contributed by atoms with van der Waals surface area (Å²) >= 11 is 3.35. The molecule has 2 fully saturated rings. The molecule has 1 atom stereocenters. The van der Waals surface area contributed by atoms with Crippen molar-refractivity contribution in [2.75, 3.05) is 19.6 Å². The first kappa shape index (κ1) is 13.6. The standard InChI is InChI=1S/C12H19BrN2O3/c1-12(2,3)18-11(17)14-6-8(7-14)15-5-4-9(13)10(15)16/h8-9H,4-7H2,1-3H3. The summed E-state index contributed by atoms with van der Waals surface area (Å²) in [6.07, 6.45) is 0.558. The van der Waals surface area contributed by atoms with Crippen LogP contribution in [0.5, 0.6) is 0 Å². The number of hydrogen-bond acceptors (Lipinski definition) is 3. The third-order valence-corrected chi connectivity index (χ3v) is 3.98. The molecule has 0 aromatic heterocycles. The van der Waals surface area contributed by atoms with Crippen LogP contribution in [0.3, 0.4) is 0 Å². The van der Waals surface area contributed by atoms with Crippen molar-refractivity contribution < 1.29 is 14.3 Å². The van der Waals surface area contributed by atoms with E-state index in [0.717, 1.165) is 13.0 Å². The smallest absolute Gasteiger partial charge is 0.410 e. The Morgan fingerprint density at radius 1 is 1.39 bits per heavy atom. The van der Waals surface area contributed by atoms with Crippen molar-refractivity contribution in [3.63, 3.8) is 0 Å². The Bertz CT molecular complexity index is 361. The maximum atomic E-state index is 11.8. The first-order valence-corrected chi connectivity index (χ1v) is 7.12. The van der Waals surface area contributed by atoms with Gasteiger partial charge in [0.15, 0.2) is 0 Å². The van der Waals surface area contributed by atoms with E-state index in [4.69, 9.17) is 4.74 Å². The minimum absolute atomic E-state index is 0.0481. The van der Waals surface area contributed by atoms with E-state index in [1.165, 1.54) is 0 Å². The normalized spacial score (nSPS) is 25.3. The predicted molar refractivity (Wildman–Crippen MR) is 70.6 cm³/mol. The minimum atomic E-state index is -0.466. The van der Waals surface area contributed by atoms with Crippen molar-refractivity contribution in [3.05, 3.63) is 0 Å². The van der Waals surface area contributed by atoms with Crippen LogP contribution in [-0.2, 0) is 9.53 Å². The van der Waals surface area contributed by atoms with E-state index in [1.807, 2.05) is 25.7 Å². The van der Waals surface area contributed by atoms with E-state index in [2.05, 4.69) is 15.9 Å². The van der Waals surface area contributed by atoms with Gasteiger partial charge in [0, 0.05) is 19.6 Å². The van der Waals surface area contributed by atoms with Crippen LogP contribution in [0.4, 0.5) is 4.79 Å². The summed E-state index contributed by atoms with van der Waals surface area (Å²) in [5.41, 5.74) is -0.466. The fourth-order valence-corrected chi connectivity index (χ4v) is 2.62. The Morgan fingerprint density at radius 2 is 2.00 bits per heavy atom. The molecular formula is C12H19BrN2O3. The Labute approximate surface area is 116 Å². The van der Waals surface area contributed by atoms with Gasteiger partial charge in [0.1, 0.15) is 5.60 Å². The Kier molecular flexibility index (Phi) is 3.58. The summed E-state index contributed by atoms with van der Waals surface area (Å²) in [4.78, 5) is 27.0. The number of amides is 2. The van der Waals surface area contributed by atoms with Gasteiger partial charge < -0.3 is 14.5 Å². The van der Waals surface area contributed by atoms with Gasteiger partial charge in [0.05, 0.1) is 10.9 Å². The van der Waals surface area contributed by atoms with Crippen molar-refractivity contribution >= 4 is 27.9 Å². The van der Waals surface area contributed by atoms with E-state index in [1.54, 1.807) is 4.90 Å². The maximum Gasteiger partial charge on any atom is 0.410 e. The fourth-order valence-electron chi connectivity index (χ4n) is 2.16. The lowest BCUT2D eigenvalue weighted by molar-refractivity contribution is -0.132. The number of carbonyl (C=O) groups excluding carboxylic acids is 2. The van der Waals surface area contributed by atoms with Crippen molar-refractivity contribution in [1.29, 1.82) is 0 Å². The molecule has 18 heavy (non-hydrogen) atoms. The first-order valence-electron chi connectivity index (χ1n) is 6.20. The van der Waals surface area contributed by atoms with Crippen LogP contribution >= 0.6 is 15.9 Å². The lowest BCUT2D eigenvalue weighted by Crippen LogP contribution is -2.62. The van der Waals surface area contributed by atoms with Crippen molar-refractivity contribution in [1.82, 2.24) is 9.80 Å². The highest BCUT2D eigenvalue weighted by atomic mass is 79.9. The van der Waals surface area contributed by atoms with Crippen LogP contribution < -0.4 is 0 Å². The predicted octanol–water partition coefficient (Wildman–Crippen LogP) is 1.60. The molecule has 0 bridgehead atoms. The molecule has 2 aliphatic rings. The summed E-state index contributed by atoms with van der Waals surface area (Å²) in [5, 5.41) is 0. The zero-order valence-electron chi connectivity index (χ0n) is 11.0. The van der Waals surface area contributed by atoms with Gasteiger partial charge in [-0.3, -0.25) is 4.79 Å². The topological polar surface area (TPSA) is 49.9 Å². The molecule has 0 aromatic carbocycles. The maximum absolute atomic E-state index is 11.8. The second-order valence-corrected chi connectivity index (χ2v) is 6.93. The second kappa shape index (κ2) is 4.72. The van der Waals surface area contributed by atoms with Gasteiger partial charge in [-0.1, -0.05) is 15.9 Å². The van der Waals surface area contributed by atoms with Gasteiger partial charge in [0.2, 0.25) is 5.91 Å². The van der Waals surface area contributed by atoms with E-state index in [-0.39, 0.29) is 22.9 Å². The first-order chi connectivity index (χ1) is 8.28. The molecule has 0 radical (unpaired) electrons. The number of halogens is 1. The number of likely N-dealkylation sites (tertiary alicyclic amines) is 2. The molecule has 2 amide bonds. The van der Waals surface area contributed by atoms with Crippen LogP contribution in [0.15, 0.2) is 0 Å². The number of alkyl halides is 1. The number of hydrogen-bond donors (Lipinski definition) is 0. The fraction of sp³-hybridized carbons (Fsp3) is 0.833. The van der Waals surface area contributed by atoms with Gasteiger partial charge in [-0.2, -0.15) is 0 Å². The third-order valence-electron chi connectivity index (χ3n) is 3.13. The largest absolute Gasteiger partial charge is 0.444 e. The van der Waals surface area contributed by atoms with E-state index < -0.39 is 5.60 Å². The van der Waals surface area contributed by atoms with Crippen molar-refractivity contribution in [2.24, 2.45) is 0 Å². The highest BCUT2D eigenvalue weighted by molar-refractivity contribution is 9.10. The summed E-state index contributed by atoms with van der Waals surface area (Å²) in [6, 6.07) is 0.160. The molecule has 0 N–H and O–H groups in total. The number of rotatable bonds is 1. The monoisotopic (exact) mass is 318 g/mol. The molecule has 5 nitrogen and oxygen atoms in total. The minimum Gasteiger partial charge on any atom is -0.444 e. The van der Waals surface area contributed by atoms with Crippen LogP contribution in [-0.4, -0.2) is 57.9 Å². The molecule has 0 saturated carbocycles. The molecule has 102 valence electrons. The second-order valence-electron chi connectivity index (χ2n) is 5.83. The average molecular weight is 319 g/mol. The molecule has 2 saturated heterocycles. The molecule has 0 aromatic rings. The van der Waals surface area contributed by atoms with Crippen LogP contribution in [0, 0.1) is 0 Å². The Balaban J connectivity index is 1.81. The highest BCUT2D eigenvalue weighted by Crippen LogP contribution is 2.26. The van der Waals surface area contributed by atoms with E-state index in [9.17, 15) is 9.59 Å². The van der Waals surface area contributed by atoms with Gasteiger partial charge in [-0.15, -0.1) is 0 Å². The van der Waals surface area contributed by atoms with Crippen LogP contribution in [0.1, 0.15) is 27.2 Å². The van der Waals surface area contributed by atoms with Gasteiger partial charge in [-0.25, -0.2) is 4.79 Å². The van der Waals surface area contributed by atoms with Crippen molar-refractivity contribution in [3.8, 4) is 0 Å². The van der Waals surface area contributed by atoms with E-state index >= 15 is 0 Å².